The SMILES string of the molecule is COc1cc(C(=O)N[C@H]2CCCNC2=O)ccc1OCc1ccccc1Cl. The Labute approximate surface area is 162 Å². The highest BCUT2D eigenvalue weighted by Gasteiger charge is 2.24. The zero-order valence-corrected chi connectivity index (χ0v) is 15.7. The maximum absolute atomic E-state index is 12.5. The van der Waals surface area contributed by atoms with Gasteiger partial charge in [0.25, 0.3) is 5.91 Å². The molecule has 0 bridgehead atoms. The molecule has 0 aliphatic carbocycles. The van der Waals surface area contributed by atoms with Crippen LogP contribution in [0.3, 0.4) is 0 Å². The molecule has 2 N–H and O–H groups in total. The molecule has 0 spiro atoms. The Morgan fingerprint density at radius 2 is 2.07 bits per heavy atom. The van der Waals surface area contributed by atoms with Crippen LogP contribution in [0.2, 0.25) is 5.02 Å². The fourth-order valence-electron chi connectivity index (χ4n) is 2.85. The Kier molecular flexibility index (Phi) is 6.19. The van der Waals surface area contributed by atoms with Crippen molar-refractivity contribution in [3.63, 3.8) is 0 Å². The van der Waals surface area contributed by atoms with Crippen LogP contribution < -0.4 is 20.1 Å². The molecule has 142 valence electrons. The van der Waals surface area contributed by atoms with Gasteiger partial charge in [0.15, 0.2) is 11.5 Å². The number of halogens is 1. The van der Waals surface area contributed by atoms with Gasteiger partial charge in [0.2, 0.25) is 5.91 Å². The molecular weight excluding hydrogens is 368 g/mol. The molecule has 0 saturated carbocycles. The molecule has 2 amide bonds. The van der Waals surface area contributed by atoms with E-state index in [2.05, 4.69) is 10.6 Å². The largest absolute Gasteiger partial charge is 0.493 e. The van der Waals surface area contributed by atoms with Crippen molar-refractivity contribution in [1.82, 2.24) is 10.6 Å². The standard InChI is InChI=1S/C20H21ClN2O4/c1-26-18-11-13(19(24)23-16-7-4-10-22-20(16)25)8-9-17(18)27-12-14-5-2-3-6-15(14)21/h2-3,5-6,8-9,11,16H,4,7,10,12H2,1H3,(H,22,25)(H,23,24)/t16-/m0/s1. The highest BCUT2D eigenvalue weighted by atomic mass is 35.5. The number of carbonyl (C=O) groups excluding carboxylic acids is 2. The Morgan fingerprint density at radius 3 is 2.81 bits per heavy atom. The quantitative estimate of drug-likeness (QED) is 0.797. The van der Waals surface area contributed by atoms with Crippen molar-refractivity contribution in [2.75, 3.05) is 13.7 Å². The van der Waals surface area contributed by atoms with Gasteiger partial charge in [-0.2, -0.15) is 0 Å². The maximum atomic E-state index is 12.5. The fraction of sp³-hybridized carbons (Fsp3) is 0.300. The van der Waals surface area contributed by atoms with Crippen LogP contribution in [-0.2, 0) is 11.4 Å². The molecule has 0 aromatic heterocycles. The smallest absolute Gasteiger partial charge is 0.252 e. The minimum Gasteiger partial charge on any atom is -0.493 e. The number of carbonyl (C=O) groups is 2. The van der Waals surface area contributed by atoms with Crippen molar-refractivity contribution in [3.05, 3.63) is 58.6 Å². The number of methoxy groups -OCH3 is 1. The van der Waals surface area contributed by atoms with Gasteiger partial charge in [-0.1, -0.05) is 29.8 Å². The van der Waals surface area contributed by atoms with Crippen LogP contribution in [0.25, 0.3) is 0 Å². The van der Waals surface area contributed by atoms with Gasteiger partial charge in [0.05, 0.1) is 7.11 Å². The summed E-state index contributed by atoms with van der Waals surface area (Å²) in [7, 11) is 1.51. The summed E-state index contributed by atoms with van der Waals surface area (Å²) >= 11 is 6.14. The van der Waals surface area contributed by atoms with Crippen LogP contribution in [0.5, 0.6) is 11.5 Å². The van der Waals surface area contributed by atoms with Gasteiger partial charge < -0.3 is 20.1 Å². The Bertz CT molecular complexity index is 840. The Hall–Kier alpha value is -2.73. The van der Waals surface area contributed by atoms with E-state index in [4.69, 9.17) is 21.1 Å². The van der Waals surface area contributed by atoms with Gasteiger partial charge in [-0.15, -0.1) is 0 Å². The van der Waals surface area contributed by atoms with Crippen molar-refractivity contribution in [1.29, 1.82) is 0 Å². The molecule has 1 atom stereocenters. The van der Waals surface area contributed by atoms with E-state index in [0.717, 1.165) is 12.0 Å². The van der Waals surface area contributed by atoms with Gasteiger partial charge in [-0.25, -0.2) is 0 Å². The second-order valence-electron chi connectivity index (χ2n) is 6.21. The van der Waals surface area contributed by atoms with Gasteiger partial charge in [-0.3, -0.25) is 9.59 Å². The number of rotatable bonds is 6. The third kappa shape index (κ3) is 4.71. The predicted molar refractivity (Wildman–Crippen MR) is 102 cm³/mol. The Balaban J connectivity index is 1.69. The molecule has 1 aliphatic rings. The average molecular weight is 389 g/mol. The number of hydrogen-bond acceptors (Lipinski definition) is 4. The molecule has 0 unspecified atom stereocenters. The first-order valence-electron chi connectivity index (χ1n) is 8.71. The minimum atomic E-state index is -0.506. The summed E-state index contributed by atoms with van der Waals surface area (Å²) in [5, 5.41) is 6.13. The first kappa shape index (κ1) is 19.0. The molecular formula is C20H21ClN2O4. The lowest BCUT2D eigenvalue weighted by molar-refractivity contribution is -0.124. The lowest BCUT2D eigenvalue weighted by Gasteiger charge is -2.23. The number of nitrogens with one attached hydrogen (secondary N) is 2. The molecule has 1 fully saturated rings. The highest BCUT2D eigenvalue weighted by molar-refractivity contribution is 6.31. The van der Waals surface area contributed by atoms with Gasteiger partial charge in [-0.05, 0) is 37.1 Å². The normalized spacial score (nSPS) is 16.4. The Morgan fingerprint density at radius 1 is 1.26 bits per heavy atom. The molecule has 27 heavy (non-hydrogen) atoms. The number of hydrogen-bond donors (Lipinski definition) is 2. The summed E-state index contributed by atoms with van der Waals surface area (Å²) in [5.74, 6) is 0.460. The van der Waals surface area contributed by atoms with Gasteiger partial charge in [0, 0.05) is 22.7 Å². The molecule has 3 rings (SSSR count). The topological polar surface area (TPSA) is 76.7 Å². The van der Waals surface area contributed by atoms with E-state index in [0.29, 0.717) is 35.1 Å². The van der Waals surface area contributed by atoms with Crippen molar-refractivity contribution in [2.45, 2.75) is 25.5 Å². The molecule has 0 radical (unpaired) electrons. The molecule has 1 heterocycles. The number of piperidine rings is 1. The van der Waals surface area contributed by atoms with Crippen LogP contribution >= 0.6 is 11.6 Å². The summed E-state index contributed by atoms with van der Waals surface area (Å²) in [4.78, 5) is 24.3. The first-order chi connectivity index (χ1) is 13.1. The molecule has 1 aliphatic heterocycles. The lowest BCUT2D eigenvalue weighted by atomic mass is 10.1. The van der Waals surface area contributed by atoms with E-state index in [1.807, 2.05) is 18.2 Å². The minimum absolute atomic E-state index is 0.152. The van der Waals surface area contributed by atoms with Crippen LogP contribution in [0, 0.1) is 0 Å². The van der Waals surface area contributed by atoms with E-state index in [1.54, 1.807) is 24.3 Å². The molecule has 2 aromatic rings. The van der Waals surface area contributed by atoms with E-state index in [-0.39, 0.29) is 18.4 Å². The second-order valence-corrected chi connectivity index (χ2v) is 6.61. The van der Waals surface area contributed by atoms with Crippen molar-refractivity contribution < 1.29 is 19.1 Å². The van der Waals surface area contributed by atoms with Crippen molar-refractivity contribution in [2.24, 2.45) is 0 Å². The maximum Gasteiger partial charge on any atom is 0.252 e. The summed E-state index contributed by atoms with van der Waals surface area (Å²) in [5.41, 5.74) is 1.25. The van der Waals surface area contributed by atoms with E-state index in [1.165, 1.54) is 7.11 Å². The van der Waals surface area contributed by atoms with Crippen LogP contribution in [0.1, 0.15) is 28.8 Å². The highest BCUT2D eigenvalue weighted by Crippen LogP contribution is 2.29. The van der Waals surface area contributed by atoms with Crippen molar-refractivity contribution in [3.8, 4) is 11.5 Å². The van der Waals surface area contributed by atoms with Gasteiger partial charge in [0.1, 0.15) is 12.6 Å². The molecule has 7 heteroatoms. The number of ether oxygens (including phenoxy) is 2. The van der Waals surface area contributed by atoms with Crippen LogP contribution in [-0.4, -0.2) is 31.5 Å². The number of amides is 2. The zero-order valence-electron chi connectivity index (χ0n) is 15.0. The summed E-state index contributed by atoms with van der Waals surface area (Å²) in [6, 6.07) is 11.8. The van der Waals surface area contributed by atoms with E-state index < -0.39 is 6.04 Å². The third-order valence-corrected chi connectivity index (χ3v) is 4.73. The van der Waals surface area contributed by atoms with Gasteiger partial charge >= 0.3 is 0 Å². The van der Waals surface area contributed by atoms with Crippen molar-refractivity contribution >= 4 is 23.4 Å². The summed E-state index contributed by atoms with van der Waals surface area (Å²) in [6.07, 6.45) is 1.47. The van der Waals surface area contributed by atoms with E-state index in [9.17, 15) is 9.59 Å². The van der Waals surface area contributed by atoms with E-state index >= 15 is 0 Å². The first-order valence-corrected chi connectivity index (χ1v) is 9.09. The molecule has 2 aromatic carbocycles. The second kappa shape index (κ2) is 8.77. The van der Waals surface area contributed by atoms with Crippen LogP contribution in [0.4, 0.5) is 0 Å². The number of benzene rings is 2. The zero-order chi connectivity index (χ0) is 19.2. The lowest BCUT2D eigenvalue weighted by Crippen LogP contribution is -2.50. The molecule has 1 saturated heterocycles. The molecule has 6 nitrogen and oxygen atoms in total. The summed E-state index contributed by atoms with van der Waals surface area (Å²) < 4.78 is 11.1. The third-order valence-electron chi connectivity index (χ3n) is 4.36. The monoisotopic (exact) mass is 388 g/mol. The van der Waals surface area contributed by atoms with Crippen LogP contribution in [0.15, 0.2) is 42.5 Å². The average Bonchev–Trinajstić information content (AvgIpc) is 2.69. The summed E-state index contributed by atoms with van der Waals surface area (Å²) in [6.45, 7) is 0.931. The fourth-order valence-corrected chi connectivity index (χ4v) is 3.04. The predicted octanol–water partition coefficient (Wildman–Crippen LogP) is 2.94.